The minimum absolute atomic E-state index is 0.276. The van der Waals surface area contributed by atoms with Crippen LogP contribution in [0.3, 0.4) is 0 Å². The van der Waals surface area contributed by atoms with E-state index in [-0.39, 0.29) is 11.8 Å². The topological polar surface area (TPSA) is 37.4 Å². The molecule has 0 spiro atoms. The lowest BCUT2D eigenvalue weighted by Gasteiger charge is -2.14. The molecule has 0 saturated carbocycles. The molecular formula is C16H14ClNO2Si. The fraction of sp³-hybridized carbons (Fsp3) is 0.125. The van der Waals surface area contributed by atoms with Crippen LogP contribution in [0.2, 0.25) is 13.1 Å². The first kappa shape index (κ1) is 14.0. The van der Waals surface area contributed by atoms with Crippen molar-refractivity contribution in [2.45, 2.75) is 13.1 Å². The number of anilines is 1. The van der Waals surface area contributed by atoms with Crippen molar-refractivity contribution in [1.29, 1.82) is 0 Å². The highest BCUT2D eigenvalue weighted by Crippen LogP contribution is 2.28. The van der Waals surface area contributed by atoms with Crippen LogP contribution in [0.5, 0.6) is 0 Å². The highest BCUT2D eigenvalue weighted by molar-refractivity contribution is 7.26. The van der Waals surface area contributed by atoms with Crippen LogP contribution >= 0.6 is 11.1 Å². The van der Waals surface area contributed by atoms with Gasteiger partial charge in [-0.05, 0) is 29.5 Å². The van der Waals surface area contributed by atoms with Crippen molar-refractivity contribution in [1.82, 2.24) is 0 Å². The third-order valence-electron chi connectivity index (χ3n) is 3.59. The Bertz CT molecular complexity index is 738. The molecule has 1 heterocycles. The van der Waals surface area contributed by atoms with Gasteiger partial charge in [-0.25, -0.2) is 4.90 Å². The Morgan fingerprint density at radius 3 is 2.14 bits per heavy atom. The Hall–Kier alpha value is -1.91. The molecule has 0 saturated heterocycles. The predicted molar refractivity (Wildman–Crippen MR) is 87.0 cm³/mol. The van der Waals surface area contributed by atoms with Crippen molar-refractivity contribution >= 4 is 41.2 Å². The Morgan fingerprint density at radius 2 is 1.52 bits per heavy atom. The standard InChI is InChI=1S/C16H14ClNO2Si/c1-21(2,17)12-8-9-13-14(10-12)16(20)18(15(13)19)11-6-4-3-5-7-11/h3-10H,1-2H3. The number of hydrogen-bond acceptors (Lipinski definition) is 2. The summed E-state index contributed by atoms with van der Waals surface area (Å²) in [5, 5.41) is 0.957. The lowest BCUT2D eigenvalue weighted by Crippen LogP contribution is -2.35. The summed E-state index contributed by atoms with van der Waals surface area (Å²) in [5.74, 6) is -0.556. The molecule has 2 amide bonds. The van der Waals surface area contributed by atoms with Crippen LogP contribution in [0, 0.1) is 0 Å². The van der Waals surface area contributed by atoms with Crippen molar-refractivity contribution in [2.24, 2.45) is 0 Å². The summed E-state index contributed by atoms with van der Waals surface area (Å²) < 4.78 is 0. The monoisotopic (exact) mass is 315 g/mol. The van der Waals surface area contributed by atoms with Crippen LogP contribution in [0.15, 0.2) is 48.5 Å². The van der Waals surface area contributed by atoms with Crippen LogP contribution < -0.4 is 10.1 Å². The average Bonchev–Trinajstić information content (AvgIpc) is 2.70. The van der Waals surface area contributed by atoms with E-state index in [1.807, 2.05) is 25.2 Å². The van der Waals surface area contributed by atoms with Gasteiger partial charge in [0.05, 0.1) is 16.8 Å². The number of rotatable bonds is 2. The van der Waals surface area contributed by atoms with E-state index in [1.54, 1.807) is 36.4 Å². The fourth-order valence-electron chi connectivity index (χ4n) is 2.42. The van der Waals surface area contributed by atoms with Gasteiger partial charge in [-0.3, -0.25) is 9.59 Å². The van der Waals surface area contributed by atoms with Gasteiger partial charge in [-0.15, -0.1) is 0 Å². The number of nitrogens with zero attached hydrogens (tertiary/aromatic N) is 1. The van der Waals surface area contributed by atoms with Crippen LogP contribution in [0.4, 0.5) is 5.69 Å². The number of carbonyl (C=O) groups excluding carboxylic acids is 2. The maximum Gasteiger partial charge on any atom is 0.266 e. The molecule has 106 valence electrons. The number of halogens is 1. The highest BCUT2D eigenvalue weighted by Gasteiger charge is 2.37. The molecule has 0 aromatic heterocycles. The molecule has 0 fully saturated rings. The quantitative estimate of drug-likeness (QED) is 0.485. The molecule has 1 aliphatic heterocycles. The van der Waals surface area contributed by atoms with Gasteiger partial charge in [-0.2, -0.15) is 11.1 Å². The molecule has 0 radical (unpaired) electrons. The Morgan fingerprint density at radius 1 is 0.905 bits per heavy atom. The van der Waals surface area contributed by atoms with Crippen LogP contribution in [-0.2, 0) is 0 Å². The average molecular weight is 316 g/mol. The zero-order valence-corrected chi connectivity index (χ0v) is 13.5. The van der Waals surface area contributed by atoms with E-state index < -0.39 is 7.38 Å². The molecule has 3 nitrogen and oxygen atoms in total. The van der Waals surface area contributed by atoms with E-state index in [2.05, 4.69) is 0 Å². The normalized spacial score (nSPS) is 14.5. The molecular weight excluding hydrogens is 302 g/mol. The minimum Gasteiger partial charge on any atom is -0.268 e. The number of amides is 2. The lowest BCUT2D eigenvalue weighted by atomic mass is 10.1. The molecule has 1 aliphatic rings. The maximum atomic E-state index is 12.6. The van der Waals surface area contributed by atoms with E-state index in [0.29, 0.717) is 16.8 Å². The summed E-state index contributed by atoms with van der Waals surface area (Å²) in [7, 11) is -2.04. The van der Waals surface area contributed by atoms with Gasteiger partial charge in [0.1, 0.15) is 0 Å². The number of imide groups is 1. The Labute approximate surface area is 128 Å². The lowest BCUT2D eigenvalue weighted by molar-refractivity contribution is 0.0926. The number of para-hydroxylation sites is 1. The summed E-state index contributed by atoms with van der Waals surface area (Å²) >= 11 is 6.43. The molecule has 2 aromatic rings. The maximum absolute atomic E-state index is 12.6. The second-order valence-corrected chi connectivity index (χ2v) is 11.9. The zero-order valence-electron chi connectivity index (χ0n) is 11.8. The van der Waals surface area contributed by atoms with Gasteiger partial charge < -0.3 is 0 Å². The van der Waals surface area contributed by atoms with Crippen molar-refractivity contribution in [3.05, 3.63) is 59.7 Å². The first-order chi connectivity index (χ1) is 9.89. The first-order valence-electron chi connectivity index (χ1n) is 6.67. The van der Waals surface area contributed by atoms with E-state index >= 15 is 0 Å². The minimum atomic E-state index is -2.04. The van der Waals surface area contributed by atoms with Gasteiger partial charge in [0.2, 0.25) is 0 Å². The van der Waals surface area contributed by atoms with Gasteiger partial charge >= 0.3 is 0 Å². The molecule has 0 bridgehead atoms. The molecule has 2 aromatic carbocycles. The number of fused-ring (bicyclic) bond motifs is 1. The zero-order chi connectivity index (χ0) is 15.2. The first-order valence-corrected chi connectivity index (χ1v) is 10.7. The van der Waals surface area contributed by atoms with Gasteiger partial charge in [-0.1, -0.05) is 37.4 Å². The van der Waals surface area contributed by atoms with Crippen molar-refractivity contribution in [2.75, 3.05) is 4.90 Å². The van der Waals surface area contributed by atoms with Gasteiger partial charge in [0, 0.05) is 0 Å². The third kappa shape index (κ3) is 2.30. The van der Waals surface area contributed by atoms with Crippen LogP contribution in [0.25, 0.3) is 0 Å². The van der Waals surface area contributed by atoms with Gasteiger partial charge in [0.15, 0.2) is 7.38 Å². The Balaban J connectivity index is 2.09. The molecule has 0 unspecified atom stereocenters. The number of carbonyl (C=O) groups is 2. The molecule has 3 rings (SSSR count). The molecule has 0 atom stereocenters. The second kappa shape index (κ2) is 4.82. The largest absolute Gasteiger partial charge is 0.268 e. The SMILES string of the molecule is C[Si](C)(Cl)c1ccc2c(c1)C(=O)N(c1ccccc1)C2=O. The van der Waals surface area contributed by atoms with E-state index in [9.17, 15) is 9.59 Å². The summed E-state index contributed by atoms with van der Waals surface area (Å²) in [6, 6.07) is 14.3. The molecule has 0 aliphatic carbocycles. The number of benzene rings is 2. The van der Waals surface area contributed by atoms with Gasteiger partial charge in [0.25, 0.3) is 11.8 Å². The van der Waals surface area contributed by atoms with Crippen molar-refractivity contribution in [3.63, 3.8) is 0 Å². The van der Waals surface area contributed by atoms with E-state index in [1.165, 1.54) is 4.90 Å². The predicted octanol–water partition coefficient (Wildman–Crippen LogP) is 3.14. The number of hydrogen-bond donors (Lipinski definition) is 0. The summed E-state index contributed by atoms with van der Waals surface area (Å²) in [6.07, 6.45) is 0. The summed E-state index contributed by atoms with van der Waals surface area (Å²) in [4.78, 5) is 26.2. The van der Waals surface area contributed by atoms with Crippen LogP contribution in [0.1, 0.15) is 20.7 Å². The second-order valence-electron chi connectivity index (χ2n) is 5.51. The fourth-order valence-corrected chi connectivity index (χ4v) is 3.74. The van der Waals surface area contributed by atoms with E-state index in [0.717, 1.165) is 5.19 Å². The molecule has 21 heavy (non-hydrogen) atoms. The summed E-state index contributed by atoms with van der Waals surface area (Å²) in [5.41, 5.74) is 1.48. The Kier molecular flexibility index (Phi) is 3.23. The van der Waals surface area contributed by atoms with E-state index in [4.69, 9.17) is 11.1 Å². The highest BCUT2D eigenvalue weighted by atomic mass is 35.6. The van der Waals surface area contributed by atoms with Crippen molar-refractivity contribution in [3.8, 4) is 0 Å². The van der Waals surface area contributed by atoms with Crippen LogP contribution in [-0.4, -0.2) is 19.2 Å². The third-order valence-corrected chi connectivity index (χ3v) is 5.93. The smallest absolute Gasteiger partial charge is 0.266 e. The van der Waals surface area contributed by atoms with Crippen molar-refractivity contribution < 1.29 is 9.59 Å². The summed E-state index contributed by atoms with van der Waals surface area (Å²) in [6.45, 7) is 3.99. The molecule has 0 N–H and O–H groups in total. The molecule has 5 heteroatoms.